The topological polar surface area (TPSA) is 109 Å². The number of urea groups is 1. The van der Waals surface area contributed by atoms with Crippen molar-refractivity contribution in [1.29, 1.82) is 0 Å². The van der Waals surface area contributed by atoms with E-state index in [1.165, 1.54) is 23.6 Å². The van der Waals surface area contributed by atoms with Gasteiger partial charge in [0.15, 0.2) is 5.82 Å². The molecular formula is C24H23F2N7OS. The van der Waals surface area contributed by atoms with Gasteiger partial charge in [-0.1, -0.05) is 18.2 Å². The van der Waals surface area contributed by atoms with Crippen molar-refractivity contribution in [2.45, 2.75) is 6.42 Å². The molecule has 0 atom stereocenters. The average Bonchev–Trinajstić information content (AvgIpc) is 3.47. The second-order valence-corrected chi connectivity index (χ2v) is 9.13. The van der Waals surface area contributed by atoms with Gasteiger partial charge < -0.3 is 21.3 Å². The van der Waals surface area contributed by atoms with Crippen molar-refractivity contribution >= 4 is 33.4 Å². The van der Waals surface area contributed by atoms with Gasteiger partial charge >= 0.3 is 6.03 Å². The highest BCUT2D eigenvalue weighted by atomic mass is 32.1. The van der Waals surface area contributed by atoms with E-state index < -0.39 is 11.8 Å². The van der Waals surface area contributed by atoms with Crippen molar-refractivity contribution in [3.63, 3.8) is 0 Å². The van der Waals surface area contributed by atoms with Crippen LogP contribution in [0.1, 0.15) is 5.56 Å². The lowest BCUT2D eigenvalue weighted by Gasteiger charge is -2.14. The normalized spacial score (nSPS) is 13.5. The molecule has 11 heteroatoms. The van der Waals surface area contributed by atoms with Crippen LogP contribution >= 0.6 is 11.3 Å². The fraction of sp³-hybridized carbons (Fsp3) is 0.250. The number of benzene rings is 1. The summed E-state index contributed by atoms with van der Waals surface area (Å²) in [6.07, 6.45) is 3.21. The average molecular weight is 496 g/mol. The summed E-state index contributed by atoms with van der Waals surface area (Å²) in [5.41, 5.74) is 8.32. The minimum Gasteiger partial charge on any atom is -0.352 e. The van der Waals surface area contributed by atoms with Gasteiger partial charge in [-0.3, -0.25) is 0 Å². The number of hydrogen-bond acceptors (Lipinski definition) is 7. The monoisotopic (exact) mass is 495 g/mol. The van der Waals surface area contributed by atoms with Crippen LogP contribution in [-0.2, 0) is 6.42 Å². The third kappa shape index (κ3) is 4.77. The molecule has 4 heterocycles. The van der Waals surface area contributed by atoms with Gasteiger partial charge in [-0.25, -0.2) is 24.1 Å². The zero-order valence-electron chi connectivity index (χ0n) is 18.7. The minimum absolute atomic E-state index is 0.0997. The van der Waals surface area contributed by atoms with E-state index in [1.807, 2.05) is 24.3 Å². The molecule has 5 rings (SSSR count). The first-order chi connectivity index (χ1) is 17.0. The number of carbonyl (C=O) groups is 1. The first-order valence-electron chi connectivity index (χ1n) is 11.2. The summed E-state index contributed by atoms with van der Waals surface area (Å²) in [7, 11) is 0. The molecule has 1 aliphatic heterocycles. The number of anilines is 1. The Kier molecular flexibility index (Phi) is 6.51. The van der Waals surface area contributed by atoms with Gasteiger partial charge in [0.05, 0.1) is 11.1 Å². The molecule has 2 amide bonds. The Morgan fingerprint density at radius 3 is 2.86 bits per heavy atom. The van der Waals surface area contributed by atoms with Crippen LogP contribution in [0, 0.1) is 11.8 Å². The number of carbonyl (C=O) groups excluding carboxylic acids is 1. The van der Waals surface area contributed by atoms with Crippen LogP contribution in [0.5, 0.6) is 0 Å². The molecule has 1 aliphatic rings. The maximum Gasteiger partial charge on any atom is 0.317 e. The molecule has 0 radical (unpaired) electrons. The second kappa shape index (κ2) is 9.88. The minimum atomic E-state index is -0.571. The Balaban J connectivity index is 1.46. The van der Waals surface area contributed by atoms with Crippen LogP contribution in [0.15, 0.2) is 42.7 Å². The van der Waals surface area contributed by atoms with Crippen molar-refractivity contribution in [1.82, 2.24) is 25.2 Å². The van der Waals surface area contributed by atoms with Crippen LogP contribution in [-0.4, -0.2) is 58.6 Å². The number of pyridine rings is 1. The van der Waals surface area contributed by atoms with Gasteiger partial charge in [-0.05, 0) is 41.1 Å². The van der Waals surface area contributed by atoms with E-state index in [9.17, 15) is 13.6 Å². The summed E-state index contributed by atoms with van der Waals surface area (Å²) in [6, 6.07) is 8.90. The van der Waals surface area contributed by atoms with E-state index in [4.69, 9.17) is 5.73 Å². The van der Waals surface area contributed by atoms with Gasteiger partial charge in [0.2, 0.25) is 11.9 Å². The van der Waals surface area contributed by atoms with Crippen LogP contribution in [0.2, 0.25) is 0 Å². The van der Waals surface area contributed by atoms with E-state index in [0.717, 1.165) is 33.0 Å². The van der Waals surface area contributed by atoms with Gasteiger partial charge in [0.25, 0.3) is 0 Å². The fourth-order valence-electron chi connectivity index (χ4n) is 4.11. The van der Waals surface area contributed by atoms with Gasteiger partial charge in [0, 0.05) is 43.1 Å². The summed E-state index contributed by atoms with van der Waals surface area (Å²) >= 11 is 1.38. The standard InChI is InChI=1S/C24H23F2N7OS/c25-18-13-31-23(28-6-8-33-9-7-29-24(33)34)32-21(18)19-10-14-2-1-3-16(22(14)35-19)17-11-20(26)30-12-15(17)4-5-27/h1-3,10-13H,4-9,27H2,(H,29,34)(H,28,31,32). The van der Waals surface area contributed by atoms with Crippen LogP contribution in [0.3, 0.4) is 0 Å². The van der Waals surface area contributed by atoms with Crippen molar-refractivity contribution in [2.75, 3.05) is 38.0 Å². The molecule has 8 nitrogen and oxygen atoms in total. The molecule has 3 aromatic heterocycles. The third-order valence-corrected chi connectivity index (χ3v) is 6.98. The predicted molar refractivity (Wildman–Crippen MR) is 132 cm³/mol. The lowest BCUT2D eigenvalue weighted by Crippen LogP contribution is -2.32. The van der Waals surface area contributed by atoms with Crippen LogP contribution in [0.4, 0.5) is 19.5 Å². The fourth-order valence-corrected chi connectivity index (χ4v) is 5.29. The second-order valence-electron chi connectivity index (χ2n) is 8.07. The zero-order chi connectivity index (χ0) is 24.4. The number of nitrogens with one attached hydrogen (secondary N) is 2. The Labute approximate surface area is 204 Å². The molecule has 1 fully saturated rings. The SMILES string of the molecule is NCCc1cnc(F)cc1-c1cccc2cc(-c3nc(NCCN4CCNC4=O)ncc3F)sc12. The first kappa shape index (κ1) is 23.1. The van der Waals surface area contributed by atoms with Crippen molar-refractivity contribution < 1.29 is 13.6 Å². The number of nitrogens with two attached hydrogens (primary N) is 1. The van der Waals surface area contributed by atoms with E-state index in [0.29, 0.717) is 44.0 Å². The van der Waals surface area contributed by atoms with E-state index in [-0.39, 0.29) is 17.7 Å². The molecule has 4 aromatic rings. The number of nitrogens with zero attached hydrogens (tertiary/aromatic N) is 4. The maximum atomic E-state index is 14.8. The van der Waals surface area contributed by atoms with E-state index >= 15 is 0 Å². The summed E-state index contributed by atoms with van der Waals surface area (Å²) in [5.74, 6) is -0.833. The lowest BCUT2D eigenvalue weighted by atomic mass is 9.98. The molecule has 180 valence electrons. The molecule has 0 spiro atoms. The Morgan fingerprint density at radius 2 is 2.06 bits per heavy atom. The molecular weight excluding hydrogens is 472 g/mol. The van der Waals surface area contributed by atoms with Crippen molar-refractivity contribution in [3.05, 3.63) is 60.1 Å². The number of halogens is 2. The molecule has 0 bridgehead atoms. The highest BCUT2D eigenvalue weighted by Gasteiger charge is 2.19. The summed E-state index contributed by atoms with van der Waals surface area (Å²) in [4.78, 5) is 26.2. The summed E-state index contributed by atoms with van der Waals surface area (Å²) < 4.78 is 29.7. The third-order valence-electron chi connectivity index (χ3n) is 5.79. The number of thiophene rings is 1. The zero-order valence-corrected chi connectivity index (χ0v) is 19.5. The molecule has 35 heavy (non-hydrogen) atoms. The molecule has 1 aromatic carbocycles. The number of fused-ring (bicyclic) bond motifs is 1. The molecule has 4 N–H and O–H groups in total. The highest BCUT2D eigenvalue weighted by molar-refractivity contribution is 7.22. The number of aromatic nitrogens is 3. The maximum absolute atomic E-state index is 14.8. The Bertz CT molecular complexity index is 1390. The quantitative estimate of drug-likeness (QED) is 0.322. The van der Waals surface area contributed by atoms with E-state index in [1.54, 1.807) is 4.90 Å². The number of rotatable bonds is 8. The van der Waals surface area contributed by atoms with Gasteiger partial charge in [0.1, 0.15) is 5.69 Å². The lowest BCUT2D eigenvalue weighted by molar-refractivity contribution is 0.219. The molecule has 0 saturated carbocycles. The Morgan fingerprint density at radius 1 is 1.17 bits per heavy atom. The first-order valence-corrected chi connectivity index (χ1v) is 12.0. The Hall–Kier alpha value is -3.70. The van der Waals surface area contributed by atoms with Crippen LogP contribution < -0.4 is 16.4 Å². The number of hydrogen-bond donors (Lipinski definition) is 3. The number of amides is 2. The predicted octanol–water partition coefficient (Wildman–Crippen LogP) is 3.64. The molecule has 0 aliphatic carbocycles. The summed E-state index contributed by atoms with van der Waals surface area (Å²) in [5, 5.41) is 6.70. The van der Waals surface area contributed by atoms with Crippen LogP contribution in [0.25, 0.3) is 31.8 Å². The van der Waals surface area contributed by atoms with Gasteiger partial charge in [-0.15, -0.1) is 11.3 Å². The largest absolute Gasteiger partial charge is 0.352 e. The summed E-state index contributed by atoms with van der Waals surface area (Å²) in [6.45, 7) is 2.61. The smallest absolute Gasteiger partial charge is 0.317 e. The highest BCUT2D eigenvalue weighted by Crippen LogP contribution is 2.40. The molecule has 1 saturated heterocycles. The van der Waals surface area contributed by atoms with E-state index in [2.05, 4.69) is 25.6 Å². The molecule has 0 unspecified atom stereocenters. The van der Waals surface area contributed by atoms with Gasteiger partial charge in [-0.2, -0.15) is 4.39 Å². The van der Waals surface area contributed by atoms with Crippen molar-refractivity contribution in [2.24, 2.45) is 5.73 Å². The van der Waals surface area contributed by atoms with Crippen molar-refractivity contribution in [3.8, 4) is 21.7 Å².